The van der Waals surface area contributed by atoms with Crippen molar-refractivity contribution in [1.82, 2.24) is 0 Å². The van der Waals surface area contributed by atoms with Crippen LogP contribution in [0.15, 0.2) is 0 Å². The van der Waals surface area contributed by atoms with Crippen LogP contribution < -0.4 is 0 Å². The van der Waals surface area contributed by atoms with Gasteiger partial charge >= 0.3 is 0 Å². The second-order valence-corrected chi connectivity index (χ2v) is 5.13. The van der Waals surface area contributed by atoms with Crippen molar-refractivity contribution in [3.63, 3.8) is 0 Å². The smallest absolute Gasteiger partial charge is 0.151 e. The van der Waals surface area contributed by atoms with Gasteiger partial charge < -0.3 is 4.74 Å². The fourth-order valence-corrected chi connectivity index (χ4v) is 3.34. The van der Waals surface area contributed by atoms with E-state index < -0.39 is 0 Å². The van der Waals surface area contributed by atoms with Crippen LogP contribution in [0.5, 0.6) is 0 Å². The lowest BCUT2D eigenvalue weighted by molar-refractivity contribution is -0.126. The average Bonchev–Trinajstić information content (AvgIpc) is 2.71. The van der Waals surface area contributed by atoms with Crippen molar-refractivity contribution in [2.45, 2.75) is 30.9 Å². The Kier molecular flexibility index (Phi) is 3.28. The first kappa shape index (κ1) is 9.53. The van der Waals surface area contributed by atoms with Gasteiger partial charge in [0.05, 0.1) is 11.9 Å². The number of carbonyl (C=O) groups excluding carboxylic acids is 1. The van der Waals surface area contributed by atoms with Crippen molar-refractivity contribution >= 4 is 17.5 Å². The Morgan fingerprint density at radius 2 is 2.23 bits per heavy atom. The molecule has 0 aromatic rings. The molecule has 0 amide bonds. The monoisotopic (exact) mass is 200 g/mol. The quantitative estimate of drug-likeness (QED) is 0.681. The van der Waals surface area contributed by atoms with Gasteiger partial charge in [-0.15, -0.1) is 0 Å². The maximum Gasteiger partial charge on any atom is 0.151 e. The molecule has 13 heavy (non-hydrogen) atoms. The molecular weight excluding hydrogens is 184 g/mol. The summed E-state index contributed by atoms with van der Waals surface area (Å²) in [4.78, 5) is 11.9. The van der Waals surface area contributed by atoms with E-state index in [4.69, 9.17) is 4.74 Å². The number of hydrogen-bond donors (Lipinski definition) is 0. The molecule has 2 unspecified atom stereocenters. The lowest BCUT2D eigenvalue weighted by Crippen LogP contribution is -2.30. The van der Waals surface area contributed by atoms with Crippen molar-refractivity contribution in [2.75, 3.05) is 19.0 Å². The van der Waals surface area contributed by atoms with Crippen LogP contribution in [0, 0.1) is 5.92 Å². The molecule has 0 aromatic heterocycles. The first-order valence-corrected chi connectivity index (χ1v) is 6.16. The van der Waals surface area contributed by atoms with E-state index in [9.17, 15) is 4.79 Å². The highest BCUT2D eigenvalue weighted by molar-refractivity contribution is 8.00. The third kappa shape index (κ3) is 2.26. The summed E-state index contributed by atoms with van der Waals surface area (Å²) in [6.45, 7) is 1.53. The third-order valence-corrected chi connectivity index (χ3v) is 4.20. The second-order valence-electron chi connectivity index (χ2n) is 3.82. The van der Waals surface area contributed by atoms with Crippen LogP contribution in [0.25, 0.3) is 0 Å². The van der Waals surface area contributed by atoms with E-state index in [2.05, 4.69) is 0 Å². The molecule has 0 spiro atoms. The number of thioether (sulfide) groups is 1. The molecule has 74 valence electrons. The maximum absolute atomic E-state index is 11.9. The molecule has 2 aliphatic rings. The summed E-state index contributed by atoms with van der Waals surface area (Å²) in [5.41, 5.74) is 0. The van der Waals surface area contributed by atoms with E-state index in [1.807, 2.05) is 11.8 Å². The zero-order valence-corrected chi connectivity index (χ0v) is 8.65. The Balaban J connectivity index is 1.87. The molecule has 3 heteroatoms. The second kappa shape index (κ2) is 4.47. The summed E-state index contributed by atoms with van der Waals surface area (Å²) in [6.07, 6.45) is 4.43. The molecule has 0 aliphatic carbocycles. The van der Waals surface area contributed by atoms with Crippen molar-refractivity contribution in [2.24, 2.45) is 5.92 Å². The van der Waals surface area contributed by atoms with Crippen LogP contribution in [0.3, 0.4) is 0 Å². The molecule has 0 radical (unpaired) electrons. The summed E-state index contributed by atoms with van der Waals surface area (Å²) < 4.78 is 5.33. The van der Waals surface area contributed by atoms with E-state index in [-0.39, 0.29) is 5.92 Å². The average molecular weight is 200 g/mol. The number of ether oxygens (including phenoxy) is 1. The molecular formula is C10H16O2S. The van der Waals surface area contributed by atoms with E-state index in [1.54, 1.807) is 0 Å². The minimum Gasteiger partial charge on any atom is -0.381 e. The molecule has 2 atom stereocenters. The first-order valence-electron chi connectivity index (χ1n) is 5.11. The molecule has 2 fully saturated rings. The van der Waals surface area contributed by atoms with Gasteiger partial charge in [-0.2, -0.15) is 11.8 Å². The lowest BCUT2D eigenvalue weighted by Gasteiger charge is -2.22. The van der Waals surface area contributed by atoms with Gasteiger partial charge in [0.1, 0.15) is 0 Å². The van der Waals surface area contributed by atoms with Gasteiger partial charge in [0.25, 0.3) is 0 Å². The van der Waals surface area contributed by atoms with Crippen LogP contribution in [0.1, 0.15) is 25.7 Å². The summed E-state index contributed by atoms with van der Waals surface area (Å²) >= 11 is 1.84. The van der Waals surface area contributed by atoms with E-state index in [1.165, 1.54) is 12.2 Å². The van der Waals surface area contributed by atoms with Crippen molar-refractivity contribution in [3.8, 4) is 0 Å². The van der Waals surface area contributed by atoms with Gasteiger partial charge in [-0.1, -0.05) is 0 Å². The van der Waals surface area contributed by atoms with Gasteiger partial charge in [-0.25, -0.2) is 0 Å². The Morgan fingerprint density at radius 1 is 1.31 bits per heavy atom. The van der Waals surface area contributed by atoms with Gasteiger partial charge in [0.2, 0.25) is 0 Å². The fraction of sp³-hybridized carbons (Fsp3) is 0.900. The number of Topliss-reactive ketones (excluding diaryl/α,β-unsaturated/α-hetero) is 1. The first-order chi connectivity index (χ1) is 6.38. The SMILES string of the molecule is O=C(C1CCCOC1)C1CCCS1. The van der Waals surface area contributed by atoms with Crippen LogP contribution in [-0.4, -0.2) is 30.0 Å². The number of rotatable bonds is 2. The topological polar surface area (TPSA) is 26.3 Å². The minimum absolute atomic E-state index is 0.212. The van der Waals surface area contributed by atoms with Gasteiger partial charge in [0, 0.05) is 12.5 Å². The highest BCUT2D eigenvalue weighted by Crippen LogP contribution is 2.30. The van der Waals surface area contributed by atoms with E-state index in [0.717, 1.165) is 25.9 Å². The van der Waals surface area contributed by atoms with Crippen LogP contribution in [0.2, 0.25) is 0 Å². The number of hydrogen-bond acceptors (Lipinski definition) is 3. The van der Waals surface area contributed by atoms with E-state index in [0.29, 0.717) is 17.6 Å². The Hall–Kier alpha value is -0.0200. The lowest BCUT2D eigenvalue weighted by atomic mass is 9.94. The Bertz CT molecular complexity index is 181. The molecule has 0 aromatic carbocycles. The molecule has 2 aliphatic heterocycles. The van der Waals surface area contributed by atoms with Crippen LogP contribution in [0.4, 0.5) is 0 Å². The third-order valence-electron chi connectivity index (χ3n) is 2.81. The molecule has 2 rings (SSSR count). The van der Waals surface area contributed by atoms with E-state index >= 15 is 0 Å². The minimum atomic E-state index is 0.212. The summed E-state index contributed by atoms with van der Waals surface area (Å²) in [5.74, 6) is 1.84. The Morgan fingerprint density at radius 3 is 2.85 bits per heavy atom. The zero-order chi connectivity index (χ0) is 9.10. The largest absolute Gasteiger partial charge is 0.381 e. The Labute approximate surface area is 83.4 Å². The highest BCUT2D eigenvalue weighted by atomic mass is 32.2. The van der Waals surface area contributed by atoms with Crippen LogP contribution in [-0.2, 0) is 9.53 Å². The molecule has 0 bridgehead atoms. The molecule has 2 nitrogen and oxygen atoms in total. The fourth-order valence-electron chi connectivity index (χ4n) is 2.03. The summed E-state index contributed by atoms with van der Waals surface area (Å²) in [5, 5.41) is 0.298. The normalized spacial score (nSPS) is 34.8. The van der Waals surface area contributed by atoms with Crippen molar-refractivity contribution in [1.29, 1.82) is 0 Å². The molecule has 0 N–H and O–H groups in total. The summed E-state index contributed by atoms with van der Waals surface area (Å²) in [7, 11) is 0. The predicted molar refractivity (Wildman–Crippen MR) is 54.0 cm³/mol. The van der Waals surface area contributed by atoms with Gasteiger partial charge in [0.15, 0.2) is 5.78 Å². The zero-order valence-electron chi connectivity index (χ0n) is 7.83. The van der Waals surface area contributed by atoms with Crippen molar-refractivity contribution in [3.05, 3.63) is 0 Å². The predicted octanol–water partition coefficient (Wildman–Crippen LogP) is 1.88. The summed E-state index contributed by atoms with van der Waals surface area (Å²) in [6, 6.07) is 0. The number of ketones is 1. The number of carbonyl (C=O) groups is 1. The molecule has 0 saturated carbocycles. The molecule has 2 saturated heterocycles. The van der Waals surface area contributed by atoms with Crippen LogP contribution >= 0.6 is 11.8 Å². The maximum atomic E-state index is 11.9. The van der Waals surface area contributed by atoms with Gasteiger partial charge in [-0.3, -0.25) is 4.79 Å². The highest BCUT2D eigenvalue weighted by Gasteiger charge is 2.30. The molecule has 2 heterocycles. The van der Waals surface area contributed by atoms with Crippen molar-refractivity contribution < 1.29 is 9.53 Å². The standard InChI is InChI=1S/C10H16O2S/c11-10(9-4-2-6-13-9)8-3-1-5-12-7-8/h8-9H,1-7H2. The van der Waals surface area contributed by atoms with Gasteiger partial charge in [-0.05, 0) is 31.4 Å².